The van der Waals surface area contributed by atoms with Gasteiger partial charge in [-0.2, -0.15) is 0 Å². The number of carbonyl (C=O) groups excluding carboxylic acids is 1. The van der Waals surface area contributed by atoms with Gasteiger partial charge in [0.15, 0.2) is 0 Å². The lowest BCUT2D eigenvalue weighted by Crippen LogP contribution is -2.42. The van der Waals surface area contributed by atoms with Crippen LogP contribution in [-0.4, -0.2) is 25.0 Å². The summed E-state index contributed by atoms with van der Waals surface area (Å²) >= 11 is 0. The van der Waals surface area contributed by atoms with Gasteiger partial charge >= 0.3 is 0 Å². The van der Waals surface area contributed by atoms with Gasteiger partial charge in [-0.25, -0.2) is 4.39 Å². The van der Waals surface area contributed by atoms with Crippen LogP contribution in [0.25, 0.3) is 0 Å². The van der Waals surface area contributed by atoms with Crippen molar-refractivity contribution in [3.8, 4) is 0 Å². The Morgan fingerprint density at radius 2 is 2.12 bits per heavy atom. The second-order valence-electron chi connectivity index (χ2n) is 4.46. The SMILES string of the molecule is Cc1ccc(F)cc1C(=O)NC1CCNCC1. The summed E-state index contributed by atoms with van der Waals surface area (Å²) in [5.74, 6) is -0.542. The molecular weight excluding hydrogens is 219 g/mol. The van der Waals surface area contributed by atoms with E-state index < -0.39 is 0 Å². The summed E-state index contributed by atoms with van der Waals surface area (Å²) in [5, 5.41) is 6.19. The third kappa shape index (κ3) is 3.03. The van der Waals surface area contributed by atoms with E-state index in [1.807, 2.05) is 6.92 Å². The first-order valence-electron chi connectivity index (χ1n) is 5.94. The molecule has 1 heterocycles. The molecule has 3 nitrogen and oxygen atoms in total. The van der Waals surface area contributed by atoms with Crippen molar-refractivity contribution in [2.75, 3.05) is 13.1 Å². The molecule has 0 aromatic heterocycles. The van der Waals surface area contributed by atoms with Crippen LogP contribution < -0.4 is 10.6 Å². The van der Waals surface area contributed by atoms with Crippen molar-refractivity contribution in [3.63, 3.8) is 0 Å². The number of piperidine rings is 1. The van der Waals surface area contributed by atoms with Crippen LogP contribution in [0.15, 0.2) is 18.2 Å². The Kier molecular flexibility index (Phi) is 3.74. The number of hydrogen-bond acceptors (Lipinski definition) is 2. The fourth-order valence-corrected chi connectivity index (χ4v) is 2.07. The number of amides is 1. The van der Waals surface area contributed by atoms with Crippen molar-refractivity contribution in [2.24, 2.45) is 0 Å². The Hall–Kier alpha value is -1.42. The van der Waals surface area contributed by atoms with Crippen LogP contribution in [0.5, 0.6) is 0 Å². The standard InChI is InChI=1S/C13H17FN2O/c1-9-2-3-10(14)8-12(9)13(17)16-11-4-6-15-7-5-11/h2-3,8,11,15H,4-7H2,1H3,(H,16,17). The van der Waals surface area contributed by atoms with Gasteiger partial charge in [0.05, 0.1) is 0 Å². The number of rotatable bonds is 2. The smallest absolute Gasteiger partial charge is 0.251 e. The van der Waals surface area contributed by atoms with Crippen LogP contribution in [-0.2, 0) is 0 Å². The maximum Gasteiger partial charge on any atom is 0.251 e. The normalized spacial score (nSPS) is 16.8. The van der Waals surface area contributed by atoms with Crippen molar-refractivity contribution in [2.45, 2.75) is 25.8 Å². The number of carbonyl (C=O) groups is 1. The van der Waals surface area contributed by atoms with Gasteiger partial charge in [0.1, 0.15) is 5.82 Å². The minimum absolute atomic E-state index is 0.172. The largest absolute Gasteiger partial charge is 0.349 e. The van der Waals surface area contributed by atoms with Crippen LogP contribution in [0.1, 0.15) is 28.8 Å². The topological polar surface area (TPSA) is 41.1 Å². The molecule has 92 valence electrons. The zero-order valence-electron chi connectivity index (χ0n) is 9.92. The highest BCUT2D eigenvalue weighted by atomic mass is 19.1. The first-order valence-corrected chi connectivity index (χ1v) is 5.94. The van der Waals surface area contributed by atoms with Gasteiger partial charge in [-0.15, -0.1) is 0 Å². The van der Waals surface area contributed by atoms with E-state index in [0.29, 0.717) is 5.56 Å². The van der Waals surface area contributed by atoms with E-state index in [4.69, 9.17) is 0 Å². The van der Waals surface area contributed by atoms with Crippen LogP contribution in [0, 0.1) is 12.7 Å². The maximum absolute atomic E-state index is 13.1. The molecule has 4 heteroatoms. The predicted octanol–water partition coefficient (Wildman–Crippen LogP) is 1.62. The third-order valence-electron chi connectivity index (χ3n) is 3.12. The molecule has 17 heavy (non-hydrogen) atoms. The summed E-state index contributed by atoms with van der Waals surface area (Å²) in [6.45, 7) is 3.66. The highest BCUT2D eigenvalue weighted by molar-refractivity contribution is 5.95. The van der Waals surface area contributed by atoms with Crippen molar-refractivity contribution in [3.05, 3.63) is 35.1 Å². The zero-order valence-corrected chi connectivity index (χ0v) is 9.92. The van der Waals surface area contributed by atoms with Crippen molar-refractivity contribution in [1.82, 2.24) is 10.6 Å². The quantitative estimate of drug-likeness (QED) is 0.819. The molecule has 1 aromatic rings. The molecular formula is C13H17FN2O. The number of nitrogens with one attached hydrogen (secondary N) is 2. The molecule has 0 saturated carbocycles. The molecule has 0 atom stereocenters. The third-order valence-corrected chi connectivity index (χ3v) is 3.12. The average molecular weight is 236 g/mol. The first-order chi connectivity index (χ1) is 8.16. The monoisotopic (exact) mass is 236 g/mol. The van der Waals surface area contributed by atoms with E-state index in [0.717, 1.165) is 31.5 Å². The highest BCUT2D eigenvalue weighted by Crippen LogP contribution is 2.11. The van der Waals surface area contributed by atoms with E-state index in [1.54, 1.807) is 6.07 Å². The Morgan fingerprint density at radius 1 is 1.41 bits per heavy atom. The Balaban J connectivity index is 2.05. The molecule has 0 radical (unpaired) electrons. The van der Waals surface area contributed by atoms with Crippen molar-refractivity contribution < 1.29 is 9.18 Å². The molecule has 2 N–H and O–H groups in total. The van der Waals surface area contributed by atoms with E-state index in [1.165, 1.54) is 12.1 Å². The minimum Gasteiger partial charge on any atom is -0.349 e. The minimum atomic E-state index is -0.369. The van der Waals surface area contributed by atoms with Crippen LogP contribution in [0.3, 0.4) is 0 Å². The van der Waals surface area contributed by atoms with Gasteiger partial charge in [0.2, 0.25) is 0 Å². The fourth-order valence-electron chi connectivity index (χ4n) is 2.07. The van der Waals surface area contributed by atoms with E-state index in [-0.39, 0.29) is 17.8 Å². The Labute approximate surface area is 100 Å². The zero-order chi connectivity index (χ0) is 12.3. The lowest BCUT2D eigenvalue weighted by Gasteiger charge is -2.24. The molecule has 0 spiro atoms. The van der Waals surface area contributed by atoms with Gasteiger partial charge in [-0.05, 0) is 50.6 Å². The summed E-state index contributed by atoms with van der Waals surface area (Å²) in [4.78, 5) is 12.0. The molecule has 1 fully saturated rings. The molecule has 1 aromatic carbocycles. The van der Waals surface area contributed by atoms with E-state index in [2.05, 4.69) is 10.6 Å². The van der Waals surface area contributed by atoms with Gasteiger partial charge in [0.25, 0.3) is 5.91 Å². The Morgan fingerprint density at radius 3 is 2.82 bits per heavy atom. The highest BCUT2D eigenvalue weighted by Gasteiger charge is 2.17. The molecule has 1 aliphatic rings. The lowest BCUT2D eigenvalue weighted by atomic mass is 10.0. The summed E-state index contributed by atoms with van der Waals surface area (Å²) in [5.41, 5.74) is 1.24. The van der Waals surface area contributed by atoms with Gasteiger partial charge in [0, 0.05) is 11.6 Å². The molecule has 0 bridgehead atoms. The van der Waals surface area contributed by atoms with E-state index >= 15 is 0 Å². The predicted molar refractivity (Wildman–Crippen MR) is 64.5 cm³/mol. The summed E-state index contributed by atoms with van der Waals surface area (Å²) in [7, 11) is 0. The first kappa shape index (κ1) is 12.0. The molecule has 1 amide bonds. The number of aryl methyl sites for hydroxylation is 1. The second kappa shape index (κ2) is 5.27. The number of halogens is 1. The summed E-state index contributed by atoms with van der Waals surface area (Å²) < 4.78 is 13.1. The van der Waals surface area contributed by atoms with Crippen LogP contribution in [0.4, 0.5) is 4.39 Å². The Bertz CT molecular complexity index is 414. The summed E-state index contributed by atoms with van der Waals surface area (Å²) in [6.07, 6.45) is 1.86. The second-order valence-corrected chi connectivity index (χ2v) is 4.46. The van der Waals surface area contributed by atoms with E-state index in [9.17, 15) is 9.18 Å². The van der Waals surface area contributed by atoms with Gasteiger partial charge < -0.3 is 10.6 Å². The van der Waals surface area contributed by atoms with Crippen molar-refractivity contribution in [1.29, 1.82) is 0 Å². The maximum atomic E-state index is 13.1. The molecule has 2 rings (SSSR count). The van der Waals surface area contributed by atoms with Crippen LogP contribution >= 0.6 is 0 Å². The molecule has 1 saturated heterocycles. The summed E-state index contributed by atoms with van der Waals surface area (Å²) in [6, 6.07) is 4.50. The van der Waals surface area contributed by atoms with Crippen LogP contribution in [0.2, 0.25) is 0 Å². The lowest BCUT2D eigenvalue weighted by molar-refractivity contribution is 0.0928. The van der Waals surface area contributed by atoms with Gasteiger partial charge in [-0.3, -0.25) is 4.79 Å². The molecule has 1 aliphatic heterocycles. The van der Waals surface area contributed by atoms with Crippen molar-refractivity contribution >= 4 is 5.91 Å². The molecule has 0 unspecified atom stereocenters. The van der Waals surface area contributed by atoms with Gasteiger partial charge in [-0.1, -0.05) is 6.07 Å². The fraction of sp³-hybridized carbons (Fsp3) is 0.462. The average Bonchev–Trinajstić information content (AvgIpc) is 2.33. The number of hydrogen-bond donors (Lipinski definition) is 2. The number of benzene rings is 1. The molecule has 0 aliphatic carbocycles.